The summed E-state index contributed by atoms with van der Waals surface area (Å²) in [6.07, 6.45) is 3.18. The van der Waals surface area contributed by atoms with Crippen molar-refractivity contribution in [2.24, 2.45) is 0 Å². The predicted molar refractivity (Wildman–Crippen MR) is 131 cm³/mol. The summed E-state index contributed by atoms with van der Waals surface area (Å²) in [5.41, 5.74) is 1.62. The van der Waals surface area contributed by atoms with Gasteiger partial charge in [0.1, 0.15) is 11.5 Å². The first-order valence-corrected chi connectivity index (χ1v) is 11.4. The summed E-state index contributed by atoms with van der Waals surface area (Å²) in [5.74, 6) is -1.27. The van der Waals surface area contributed by atoms with Gasteiger partial charge in [-0.3, -0.25) is 14.6 Å². The van der Waals surface area contributed by atoms with Crippen molar-refractivity contribution in [3.63, 3.8) is 0 Å². The number of hydrogen-bond donors (Lipinski definition) is 1. The van der Waals surface area contributed by atoms with Crippen molar-refractivity contribution < 1.29 is 19.4 Å². The Morgan fingerprint density at radius 1 is 1.09 bits per heavy atom. The summed E-state index contributed by atoms with van der Waals surface area (Å²) in [7, 11) is 0. The maximum Gasteiger partial charge on any atom is 0.295 e. The molecule has 0 bridgehead atoms. The number of pyridine rings is 1. The minimum atomic E-state index is -0.871. The highest BCUT2D eigenvalue weighted by Crippen LogP contribution is 2.42. The number of ketones is 1. The quantitative estimate of drug-likeness (QED) is 0.265. The number of carbonyl (C=O) groups excluding carboxylic acids is 2. The fraction of sp³-hybridized carbons (Fsp3) is 0.192. The van der Waals surface area contributed by atoms with E-state index in [9.17, 15) is 14.7 Å². The van der Waals surface area contributed by atoms with Gasteiger partial charge in [-0.05, 0) is 55.3 Å². The second kappa shape index (κ2) is 9.87. The molecule has 1 saturated heterocycles. The van der Waals surface area contributed by atoms with Crippen LogP contribution in [0.15, 0.2) is 72.6 Å². The zero-order valence-corrected chi connectivity index (χ0v) is 20.0. The van der Waals surface area contributed by atoms with Gasteiger partial charge in [0.05, 0.1) is 27.8 Å². The number of likely N-dealkylation sites (tertiary alicyclic amines) is 1. The third-order valence-electron chi connectivity index (χ3n) is 5.35. The number of aromatic nitrogens is 1. The molecule has 1 fully saturated rings. The summed E-state index contributed by atoms with van der Waals surface area (Å²) < 4.78 is 5.72. The lowest BCUT2D eigenvalue weighted by Gasteiger charge is -2.25. The third-order valence-corrected chi connectivity index (χ3v) is 6.09. The van der Waals surface area contributed by atoms with Crippen molar-refractivity contribution in [2.45, 2.75) is 32.5 Å². The molecule has 34 heavy (non-hydrogen) atoms. The number of aliphatic hydroxyl groups excluding tert-OH is 1. The molecular weight excluding hydrogens is 475 g/mol. The van der Waals surface area contributed by atoms with Crippen molar-refractivity contribution in [1.29, 1.82) is 0 Å². The van der Waals surface area contributed by atoms with Crippen LogP contribution in [-0.2, 0) is 16.1 Å². The number of Topliss-reactive ketones (excluding diaryl/α,β-unsaturated/α-hetero) is 1. The molecule has 1 aliphatic heterocycles. The van der Waals surface area contributed by atoms with Crippen LogP contribution in [-0.4, -0.2) is 32.8 Å². The molecule has 1 aromatic heterocycles. The predicted octanol–water partition coefficient (Wildman–Crippen LogP) is 5.80. The van der Waals surface area contributed by atoms with Crippen LogP contribution in [0.5, 0.6) is 5.75 Å². The van der Waals surface area contributed by atoms with E-state index in [1.54, 1.807) is 60.9 Å². The van der Waals surface area contributed by atoms with E-state index in [1.807, 2.05) is 19.9 Å². The SMILES string of the molecule is CC(C)Oc1cccc(/C(O)=C2/C(=O)C(=O)N(Cc3cccnc3)C2c2ccc(Cl)c(Cl)c2)c1. The van der Waals surface area contributed by atoms with Crippen LogP contribution in [0.25, 0.3) is 5.76 Å². The molecule has 1 N–H and O–H groups in total. The van der Waals surface area contributed by atoms with Crippen molar-refractivity contribution in [3.05, 3.63) is 99.3 Å². The van der Waals surface area contributed by atoms with Gasteiger partial charge in [0.25, 0.3) is 11.7 Å². The summed E-state index contributed by atoms with van der Waals surface area (Å²) >= 11 is 12.4. The topological polar surface area (TPSA) is 79.7 Å². The van der Waals surface area contributed by atoms with Crippen LogP contribution < -0.4 is 4.74 Å². The van der Waals surface area contributed by atoms with Gasteiger partial charge in [-0.1, -0.05) is 47.5 Å². The number of halogens is 2. The smallest absolute Gasteiger partial charge is 0.295 e. The maximum absolute atomic E-state index is 13.2. The molecule has 0 radical (unpaired) electrons. The minimum absolute atomic E-state index is 0.0334. The lowest BCUT2D eigenvalue weighted by atomic mass is 9.95. The van der Waals surface area contributed by atoms with Gasteiger partial charge in [0, 0.05) is 24.5 Å². The Labute approximate surface area is 207 Å². The van der Waals surface area contributed by atoms with Crippen LogP contribution >= 0.6 is 23.2 Å². The minimum Gasteiger partial charge on any atom is -0.507 e. The van der Waals surface area contributed by atoms with Crippen LogP contribution in [0.1, 0.15) is 36.6 Å². The largest absolute Gasteiger partial charge is 0.507 e. The Bertz CT molecular complexity index is 1270. The van der Waals surface area contributed by atoms with Crippen LogP contribution in [0, 0.1) is 0 Å². The first kappa shape index (κ1) is 23.8. The fourth-order valence-electron chi connectivity index (χ4n) is 3.90. The molecule has 2 aromatic carbocycles. The zero-order valence-electron chi connectivity index (χ0n) is 18.5. The van der Waals surface area contributed by atoms with Crippen LogP contribution in [0.4, 0.5) is 0 Å². The molecule has 1 atom stereocenters. The van der Waals surface area contributed by atoms with E-state index in [0.29, 0.717) is 21.9 Å². The lowest BCUT2D eigenvalue weighted by molar-refractivity contribution is -0.140. The van der Waals surface area contributed by atoms with Crippen molar-refractivity contribution >= 4 is 40.7 Å². The first-order valence-electron chi connectivity index (χ1n) is 10.7. The number of nitrogens with zero attached hydrogens (tertiary/aromatic N) is 2. The molecule has 6 nitrogen and oxygen atoms in total. The summed E-state index contributed by atoms with van der Waals surface area (Å²) in [5, 5.41) is 11.9. The summed E-state index contributed by atoms with van der Waals surface area (Å²) in [6, 6.07) is 14.3. The van der Waals surface area contributed by atoms with E-state index in [2.05, 4.69) is 4.98 Å². The Hall–Kier alpha value is -3.35. The lowest BCUT2D eigenvalue weighted by Crippen LogP contribution is -2.29. The average molecular weight is 497 g/mol. The van der Waals surface area contributed by atoms with Gasteiger partial charge in [0.15, 0.2) is 0 Å². The van der Waals surface area contributed by atoms with Crippen molar-refractivity contribution in [3.8, 4) is 5.75 Å². The molecule has 1 amide bonds. The number of aliphatic hydroxyl groups is 1. The molecule has 174 valence electrons. The Morgan fingerprint density at radius 2 is 1.88 bits per heavy atom. The molecular formula is C26H22Cl2N2O4. The number of ether oxygens (including phenoxy) is 1. The number of hydrogen-bond acceptors (Lipinski definition) is 5. The second-order valence-corrected chi connectivity index (χ2v) is 8.97. The van der Waals surface area contributed by atoms with E-state index in [4.69, 9.17) is 27.9 Å². The Kier molecular flexibility index (Phi) is 6.91. The molecule has 4 rings (SSSR count). The van der Waals surface area contributed by atoms with Gasteiger partial charge >= 0.3 is 0 Å². The van der Waals surface area contributed by atoms with Gasteiger partial charge in [-0.25, -0.2) is 0 Å². The Balaban J connectivity index is 1.86. The molecule has 2 heterocycles. The van der Waals surface area contributed by atoms with E-state index >= 15 is 0 Å². The molecule has 8 heteroatoms. The number of carbonyl (C=O) groups is 2. The van der Waals surface area contributed by atoms with Crippen LogP contribution in [0.2, 0.25) is 10.0 Å². The molecule has 1 unspecified atom stereocenters. The molecule has 1 aliphatic rings. The number of benzene rings is 2. The van der Waals surface area contributed by atoms with Gasteiger partial charge in [-0.2, -0.15) is 0 Å². The monoisotopic (exact) mass is 496 g/mol. The van der Waals surface area contributed by atoms with E-state index < -0.39 is 17.7 Å². The average Bonchev–Trinajstić information content (AvgIpc) is 3.06. The molecule has 0 spiro atoms. The highest BCUT2D eigenvalue weighted by atomic mass is 35.5. The van der Waals surface area contributed by atoms with E-state index in [1.165, 1.54) is 4.90 Å². The first-order chi connectivity index (χ1) is 16.3. The van der Waals surface area contributed by atoms with Crippen molar-refractivity contribution in [1.82, 2.24) is 9.88 Å². The van der Waals surface area contributed by atoms with Gasteiger partial charge < -0.3 is 14.7 Å². The van der Waals surface area contributed by atoms with E-state index in [0.717, 1.165) is 5.56 Å². The Morgan fingerprint density at radius 3 is 2.56 bits per heavy atom. The number of rotatable bonds is 6. The van der Waals surface area contributed by atoms with E-state index in [-0.39, 0.29) is 29.0 Å². The molecule has 3 aromatic rings. The fourth-order valence-corrected chi connectivity index (χ4v) is 4.21. The number of amides is 1. The molecule has 0 aliphatic carbocycles. The van der Waals surface area contributed by atoms with Crippen molar-refractivity contribution in [2.75, 3.05) is 0 Å². The van der Waals surface area contributed by atoms with Crippen LogP contribution in [0.3, 0.4) is 0 Å². The standard InChI is InChI=1S/C26H22Cl2N2O4/c1-15(2)34-19-7-3-6-18(11-19)24(31)22-23(17-8-9-20(27)21(28)12-17)30(26(33)25(22)32)14-16-5-4-10-29-13-16/h3-13,15,23,31H,14H2,1-2H3/b24-22-. The molecule has 0 saturated carbocycles. The summed E-state index contributed by atoms with van der Waals surface area (Å²) in [4.78, 5) is 31.8. The van der Waals surface area contributed by atoms with Gasteiger partial charge in [0.2, 0.25) is 0 Å². The summed E-state index contributed by atoms with van der Waals surface area (Å²) in [6.45, 7) is 3.90. The normalized spacial score (nSPS) is 17.4. The highest BCUT2D eigenvalue weighted by molar-refractivity contribution is 6.46. The highest BCUT2D eigenvalue weighted by Gasteiger charge is 2.46. The third kappa shape index (κ3) is 4.79. The van der Waals surface area contributed by atoms with Gasteiger partial charge in [-0.15, -0.1) is 0 Å². The second-order valence-electron chi connectivity index (χ2n) is 8.16. The maximum atomic E-state index is 13.2. The zero-order chi connectivity index (χ0) is 24.4.